The van der Waals surface area contributed by atoms with Gasteiger partial charge in [-0.3, -0.25) is 4.40 Å². The van der Waals surface area contributed by atoms with Gasteiger partial charge in [0, 0.05) is 24.5 Å². The van der Waals surface area contributed by atoms with E-state index in [4.69, 9.17) is 5.73 Å². The van der Waals surface area contributed by atoms with Crippen molar-refractivity contribution in [2.45, 2.75) is 37.8 Å². The number of aromatic nitrogens is 4. The van der Waals surface area contributed by atoms with Crippen LogP contribution in [0.2, 0.25) is 0 Å². The monoisotopic (exact) mass is 232 g/mol. The lowest BCUT2D eigenvalue weighted by molar-refractivity contribution is 0.410. The molecule has 2 aromatic heterocycles. The molecule has 17 heavy (non-hydrogen) atoms. The molecule has 0 unspecified atom stereocenters. The average Bonchev–Trinajstić information content (AvgIpc) is 2.81. The van der Waals surface area contributed by atoms with E-state index >= 15 is 0 Å². The zero-order valence-corrected chi connectivity index (χ0v) is 9.58. The van der Waals surface area contributed by atoms with Crippen LogP contribution in [-0.2, 0) is 0 Å². The average molecular weight is 232 g/mol. The van der Waals surface area contributed by atoms with Crippen molar-refractivity contribution in [1.82, 2.24) is 19.6 Å². The molecule has 0 bridgehead atoms. The number of nitrogens with two attached hydrogens (primary N) is 1. The number of nitrogens with one attached hydrogen (secondary N) is 1. The topological polar surface area (TPSA) is 81.1 Å². The van der Waals surface area contributed by atoms with Crippen molar-refractivity contribution in [2.75, 3.05) is 5.32 Å². The molecule has 0 aromatic carbocycles. The van der Waals surface area contributed by atoms with E-state index in [1.807, 2.05) is 10.6 Å². The quantitative estimate of drug-likeness (QED) is 0.800. The molecule has 2 heterocycles. The van der Waals surface area contributed by atoms with Gasteiger partial charge in [-0.25, -0.2) is 4.98 Å². The summed E-state index contributed by atoms with van der Waals surface area (Å²) in [4.78, 5) is 4.33. The molecule has 1 saturated carbocycles. The number of rotatable bonds is 2. The van der Waals surface area contributed by atoms with Gasteiger partial charge in [0.25, 0.3) is 0 Å². The number of fused-ring (bicyclic) bond motifs is 1. The third-order valence-corrected chi connectivity index (χ3v) is 3.33. The second-order valence-electron chi connectivity index (χ2n) is 4.59. The predicted molar refractivity (Wildman–Crippen MR) is 64.6 cm³/mol. The van der Waals surface area contributed by atoms with Gasteiger partial charge in [-0.15, -0.1) is 10.2 Å². The second kappa shape index (κ2) is 4.29. The fourth-order valence-electron chi connectivity index (χ4n) is 2.32. The summed E-state index contributed by atoms with van der Waals surface area (Å²) in [6.07, 6.45) is 9.63. The Morgan fingerprint density at radius 3 is 2.94 bits per heavy atom. The van der Waals surface area contributed by atoms with Crippen LogP contribution in [0.25, 0.3) is 5.65 Å². The van der Waals surface area contributed by atoms with Crippen molar-refractivity contribution in [3.8, 4) is 0 Å². The fourth-order valence-corrected chi connectivity index (χ4v) is 2.32. The van der Waals surface area contributed by atoms with Crippen molar-refractivity contribution < 1.29 is 0 Å². The SMILES string of the molecule is NC1CCC(Nc2nccn3cnnc23)CC1. The first kappa shape index (κ1) is 10.5. The van der Waals surface area contributed by atoms with Crippen LogP contribution >= 0.6 is 0 Å². The van der Waals surface area contributed by atoms with Crippen LogP contribution in [0.15, 0.2) is 18.7 Å². The highest BCUT2D eigenvalue weighted by Crippen LogP contribution is 2.21. The standard InChI is InChI=1S/C11H16N6/c12-8-1-3-9(4-2-8)15-10-11-16-14-7-17(11)6-5-13-10/h5-9H,1-4,12H2,(H,13,15). The summed E-state index contributed by atoms with van der Waals surface area (Å²) < 4.78 is 1.86. The molecule has 1 aliphatic carbocycles. The van der Waals surface area contributed by atoms with Gasteiger partial charge in [0.05, 0.1) is 0 Å². The summed E-state index contributed by atoms with van der Waals surface area (Å²) in [7, 11) is 0. The van der Waals surface area contributed by atoms with Gasteiger partial charge in [-0.1, -0.05) is 0 Å². The predicted octanol–water partition coefficient (Wildman–Crippen LogP) is 0.806. The van der Waals surface area contributed by atoms with Crippen molar-refractivity contribution in [2.24, 2.45) is 5.73 Å². The zero-order chi connectivity index (χ0) is 11.7. The Balaban J connectivity index is 1.78. The largest absolute Gasteiger partial charge is 0.364 e. The van der Waals surface area contributed by atoms with Crippen LogP contribution in [-0.4, -0.2) is 31.7 Å². The summed E-state index contributed by atoms with van der Waals surface area (Å²) >= 11 is 0. The van der Waals surface area contributed by atoms with Crippen LogP contribution in [0.5, 0.6) is 0 Å². The lowest BCUT2D eigenvalue weighted by Crippen LogP contribution is -2.33. The molecule has 3 N–H and O–H groups in total. The van der Waals surface area contributed by atoms with Crippen LogP contribution in [0, 0.1) is 0 Å². The molecule has 0 amide bonds. The number of anilines is 1. The first-order valence-corrected chi connectivity index (χ1v) is 5.99. The molecule has 3 rings (SSSR count). The van der Waals surface area contributed by atoms with Gasteiger partial charge >= 0.3 is 0 Å². The highest BCUT2D eigenvalue weighted by molar-refractivity contribution is 5.61. The molecule has 1 fully saturated rings. The smallest absolute Gasteiger partial charge is 0.203 e. The highest BCUT2D eigenvalue weighted by atomic mass is 15.2. The summed E-state index contributed by atoms with van der Waals surface area (Å²) in [6.45, 7) is 0. The maximum Gasteiger partial charge on any atom is 0.203 e. The summed E-state index contributed by atoms with van der Waals surface area (Å²) in [5.74, 6) is 0.811. The Morgan fingerprint density at radius 2 is 2.12 bits per heavy atom. The third-order valence-electron chi connectivity index (χ3n) is 3.33. The Hall–Kier alpha value is -1.69. The summed E-state index contributed by atoms with van der Waals surface area (Å²) in [6, 6.07) is 0.815. The Kier molecular flexibility index (Phi) is 2.64. The minimum absolute atomic E-state index is 0.366. The minimum atomic E-state index is 0.366. The first-order chi connectivity index (χ1) is 8.33. The molecular formula is C11H16N6. The maximum absolute atomic E-state index is 5.89. The molecule has 2 aromatic rings. The van der Waals surface area contributed by atoms with E-state index in [0.717, 1.165) is 37.1 Å². The van der Waals surface area contributed by atoms with Gasteiger partial charge in [0.1, 0.15) is 6.33 Å². The molecule has 0 saturated heterocycles. The van der Waals surface area contributed by atoms with Gasteiger partial charge in [-0.05, 0) is 25.7 Å². The highest BCUT2D eigenvalue weighted by Gasteiger charge is 2.19. The van der Waals surface area contributed by atoms with E-state index in [1.165, 1.54) is 0 Å². The third kappa shape index (κ3) is 2.08. The lowest BCUT2D eigenvalue weighted by atomic mass is 9.92. The molecule has 0 radical (unpaired) electrons. The fraction of sp³-hybridized carbons (Fsp3) is 0.545. The molecule has 1 aliphatic rings. The van der Waals surface area contributed by atoms with Crippen molar-refractivity contribution in [3.63, 3.8) is 0 Å². The van der Waals surface area contributed by atoms with E-state index in [9.17, 15) is 0 Å². The molecule has 6 nitrogen and oxygen atoms in total. The van der Waals surface area contributed by atoms with Crippen LogP contribution in [0.3, 0.4) is 0 Å². The van der Waals surface area contributed by atoms with Gasteiger partial charge in [0.2, 0.25) is 5.65 Å². The Morgan fingerprint density at radius 1 is 1.29 bits per heavy atom. The summed E-state index contributed by atoms with van der Waals surface area (Å²) in [5, 5.41) is 11.4. The van der Waals surface area contributed by atoms with E-state index in [1.54, 1.807) is 12.5 Å². The van der Waals surface area contributed by atoms with Gasteiger partial charge < -0.3 is 11.1 Å². The van der Waals surface area contributed by atoms with Gasteiger partial charge in [0.15, 0.2) is 5.82 Å². The van der Waals surface area contributed by atoms with Crippen LogP contribution in [0.4, 0.5) is 5.82 Å². The Bertz CT molecular complexity index is 499. The summed E-state index contributed by atoms with van der Waals surface area (Å²) in [5.41, 5.74) is 6.67. The normalized spacial score (nSPS) is 25.0. The first-order valence-electron chi connectivity index (χ1n) is 5.99. The second-order valence-corrected chi connectivity index (χ2v) is 4.59. The lowest BCUT2D eigenvalue weighted by Gasteiger charge is -2.27. The van der Waals surface area contributed by atoms with E-state index < -0.39 is 0 Å². The zero-order valence-electron chi connectivity index (χ0n) is 9.58. The minimum Gasteiger partial charge on any atom is -0.364 e. The van der Waals surface area contributed by atoms with Crippen molar-refractivity contribution >= 4 is 11.5 Å². The van der Waals surface area contributed by atoms with Crippen LogP contribution < -0.4 is 11.1 Å². The maximum atomic E-state index is 5.89. The van der Waals surface area contributed by atoms with E-state index in [0.29, 0.717) is 12.1 Å². The molecule has 6 heteroatoms. The number of hydrogen-bond donors (Lipinski definition) is 2. The number of hydrogen-bond acceptors (Lipinski definition) is 5. The van der Waals surface area contributed by atoms with Gasteiger partial charge in [-0.2, -0.15) is 0 Å². The molecular weight excluding hydrogens is 216 g/mol. The molecule has 0 spiro atoms. The van der Waals surface area contributed by atoms with Crippen molar-refractivity contribution in [3.05, 3.63) is 18.7 Å². The van der Waals surface area contributed by atoms with Crippen LogP contribution in [0.1, 0.15) is 25.7 Å². The molecule has 0 aliphatic heterocycles. The molecule has 0 atom stereocenters. The Labute approximate surface area is 99.3 Å². The number of nitrogens with zero attached hydrogens (tertiary/aromatic N) is 4. The van der Waals surface area contributed by atoms with Crippen molar-refractivity contribution in [1.29, 1.82) is 0 Å². The molecule has 90 valence electrons. The van der Waals surface area contributed by atoms with E-state index in [2.05, 4.69) is 20.5 Å². The van der Waals surface area contributed by atoms with E-state index in [-0.39, 0.29) is 0 Å².